The van der Waals surface area contributed by atoms with Crippen molar-refractivity contribution in [2.75, 3.05) is 27.2 Å². The minimum Gasteiger partial charge on any atom is -0.496 e. The van der Waals surface area contributed by atoms with Gasteiger partial charge in [-0.1, -0.05) is 6.07 Å². The van der Waals surface area contributed by atoms with E-state index in [1.807, 2.05) is 31.3 Å². The van der Waals surface area contributed by atoms with Gasteiger partial charge in [0, 0.05) is 60.5 Å². The van der Waals surface area contributed by atoms with Gasteiger partial charge in [0.1, 0.15) is 29.3 Å². The van der Waals surface area contributed by atoms with Gasteiger partial charge in [-0.2, -0.15) is 5.10 Å². The van der Waals surface area contributed by atoms with Crippen LogP contribution in [0.15, 0.2) is 65.9 Å². The molecular formula is C28H30FN7O. The molecule has 2 aromatic heterocycles. The number of amidine groups is 1. The molecule has 2 aromatic carbocycles. The quantitative estimate of drug-likeness (QED) is 0.414. The second-order valence-corrected chi connectivity index (χ2v) is 9.74. The summed E-state index contributed by atoms with van der Waals surface area (Å²) in [5.74, 6) is 1.56. The van der Waals surface area contributed by atoms with Gasteiger partial charge in [-0.25, -0.2) is 14.4 Å². The average molecular weight is 500 g/mol. The van der Waals surface area contributed by atoms with Crippen molar-refractivity contribution in [2.45, 2.75) is 25.6 Å². The number of pyridine rings is 1. The Morgan fingerprint density at radius 1 is 1.11 bits per heavy atom. The number of nitrogens with one attached hydrogen (secondary N) is 2. The van der Waals surface area contributed by atoms with E-state index in [-0.39, 0.29) is 12.0 Å². The van der Waals surface area contributed by atoms with E-state index in [0.717, 1.165) is 59.5 Å². The lowest BCUT2D eigenvalue weighted by atomic mass is 9.94. The summed E-state index contributed by atoms with van der Waals surface area (Å²) in [5, 5.41) is 10.8. The van der Waals surface area contributed by atoms with E-state index >= 15 is 0 Å². The summed E-state index contributed by atoms with van der Waals surface area (Å²) >= 11 is 0. The number of piperidine rings is 1. The summed E-state index contributed by atoms with van der Waals surface area (Å²) in [4.78, 5) is 11.5. The van der Waals surface area contributed by atoms with Crippen LogP contribution < -0.4 is 10.2 Å². The molecule has 8 nitrogen and oxygen atoms in total. The van der Waals surface area contributed by atoms with Crippen molar-refractivity contribution < 1.29 is 9.13 Å². The molecule has 0 aliphatic carbocycles. The Kier molecular flexibility index (Phi) is 6.31. The smallest absolute Gasteiger partial charge is 0.144 e. The zero-order valence-corrected chi connectivity index (χ0v) is 21.0. The van der Waals surface area contributed by atoms with Crippen LogP contribution in [0.3, 0.4) is 0 Å². The summed E-state index contributed by atoms with van der Waals surface area (Å²) in [6.45, 7) is 2.31. The standard InChI is InChI=1S/C28H30FN7O/c1-35-28(20-5-4-14-36(16-20)17-22-23(29)6-3-7-25(22)37-2)31-27(34-35)19-8-9-24-21(15-19)26(33-32-24)18-10-12-30-13-11-18/h3,6-13,15,20,28H,4-5,14,16-17H2,1-2H3,(H,31,34)(H,32,33). The van der Waals surface area contributed by atoms with E-state index in [1.165, 1.54) is 6.07 Å². The van der Waals surface area contributed by atoms with Crippen LogP contribution in [0.4, 0.5) is 4.39 Å². The molecule has 2 unspecified atom stereocenters. The van der Waals surface area contributed by atoms with E-state index in [9.17, 15) is 4.39 Å². The van der Waals surface area contributed by atoms with Gasteiger partial charge < -0.3 is 10.2 Å². The number of aromatic nitrogens is 3. The molecule has 0 amide bonds. The number of hydrazine groups is 1. The van der Waals surface area contributed by atoms with Crippen LogP contribution in [0.2, 0.25) is 0 Å². The molecule has 1 saturated heterocycles. The number of aliphatic imine (C=N–C) groups is 1. The topological polar surface area (TPSA) is 81.7 Å². The molecule has 37 heavy (non-hydrogen) atoms. The second-order valence-electron chi connectivity index (χ2n) is 9.74. The lowest BCUT2D eigenvalue weighted by molar-refractivity contribution is 0.0900. The molecular weight excluding hydrogens is 469 g/mol. The number of hydrogen-bond donors (Lipinski definition) is 2. The van der Waals surface area contributed by atoms with Gasteiger partial charge in [0.05, 0.1) is 12.6 Å². The zero-order chi connectivity index (χ0) is 25.4. The average Bonchev–Trinajstić information content (AvgIpc) is 3.53. The number of fused-ring (bicyclic) bond motifs is 1. The second kappa shape index (κ2) is 9.91. The van der Waals surface area contributed by atoms with Crippen molar-refractivity contribution in [1.82, 2.24) is 30.5 Å². The molecule has 9 heteroatoms. The van der Waals surface area contributed by atoms with Crippen LogP contribution in [0.25, 0.3) is 22.2 Å². The van der Waals surface area contributed by atoms with Crippen LogP contribution in [0.1, 0.15) is 24.0 Å². The lowest BCUT2D eigenvalue weighted by Gasteiger charge is -2.36. The molecule has 0 saturated carbocycles. The Balaban J connectivity index is 1.23. The van der Waals surface area contributed by atoms with E-state index in [2.05, 4.69) is 42.6 Å². The van der Waals surface area contributed by atoms with Gasteiger partial charge in [0.25, 0.3) is 0 Å². The summed E-state index contributed by atoms with van der Waals surface area (Å²) in [6.07, 6.45) is 5.67. The third-order valence-corrected chi connectivity index (χ3v) is 7.37. The normalized spacial score (nSPS) is 20.7. The van der Waals surface area contributed by atoms with Crippen molar-refractivity contribution in [3.8, 4) is 17.0 Å². The highest BCUT2D eigenvalue weighted by Gasteiger charge is 2.34. The first kappa shape index (κ1) is 23.6. The molecule has 2 N–H and O–H groups in total. The Labute approximate surface area is 215 Å². The molecule has 0 radical (unpaired) electrons. The number of halogens is 1. The van der Waals surface area contributed by atoms with Crippen molar-refractivity contribution in [1.29, 1.82) is 0 Å². The van der Waals surface area contributed by atoms with Crippen molar-refractivity contribution >= 4 is 16.7 Å². The van der Waals surface area contributed by atoms with Gasteiger partial charge >= 0.3 is 0 Å². The summed E-state index contributed by atoms with van der Waals surface area (Å²) in [6, 6.07) is 15.2. The third-order valence-electron chi connectivity index (χ3n) is 7.37. The number of methoxy groups -OCH3 is 1. The molecule has 4 aromatic rings. The number of rotatable bonds is 6. The maximum absolute atomic E-state index is 14.6. The predicted octanol–water partition coefficient (Wildman–Crippen LogP) is 4.21. The first-order valence-corrected chi connectivity index (χ1v) is 12.6. The molecule has 0 bridgehead atoms. The number of benzene rings is 2. The molecule has 2 aliphatic heterocycles. The third kappa shape index (κ3) is 4.56. The van der Waals surface area contributed by atoms with Crippen molar-refractivity contribution in [3.05, 3.63) is 77.9 Å². The van der Waals surface area contributed by atoms with Gasteiger partial charge in [0.15, 0.2) is 0 Å². The highest BCUT2D eigenvalue weighted by atomic mass is 19.1. The van der Waals surface area contributed by atoms with Crippen LogP contribution in [0, 0.1) is 11.7 Å². The number of aromatic amines is 1. The molecule has 4 heterocycles. The van der Waals surface area contributed by atoms with Crippen LogP contribution in [-0.4, -0.2) is 64.3 Å². The molecule has 2 aliphatic rings. The molecule has 190 valence electrons. The highest BCUT2D eigenvalue weighted by Crippen LogP contribution is 2.31. The van der Waals surface area contributed by atoms with Crippen LogP contribution >= 0.6 is 0 Å². The fraction of sp³-hybridized carbons (Fsp3) is 0.321. The lowest BCUT2D eigenvalue weighted by Crippen LogP contribution is -2.46. The fourth-order valence-corrected chi connectivity index (χ4v) is 5.52. The van der Waals surface area contributed by atoms with E-state index in [4.69, 9.17) is 9.73 Å². The van der Waals surface area contributed by atoms with Gasteiger partial charge in [-0.05, 0) is 61.9 Å². The fourth-order valence-electron chi connectivity index (χ4n) is 5.52. The molecule has 2 atom stereocenters. The van der Waals surface area contributed by atoms with Gasteiger partial charge in [0.2, 0.25) is 0 Å². The first-order valence-electron chi connectivity index (χ1n) is 12.6. The first-order chi connectivity index (χ1) is 18.1. The zero-order valence-electron chi connectivity index (χ0n) is 21.0. The summed E-state index contributed by atoms with van der Waals surface area (Å²) < 4.78 is 20.0. The largest absolute Gasteiger partial charge is 0.496 e. The minimum atomic E-state index is -0.220. The SMILES string of the molecule is COc1cccc(F)c1CN1CCCC(C2N=C(c3ccc4[nH]nc(-c5ccncc5)c4c3)NN2C)C1. The predicted molar refractivity (Wildman–Crippen MR) is 142 cm³/mol. The van der Waals surface area contributed by atoms with Crippen LogP contribution in [-0.2, 0) is 6.54 Å². The van der Waals surface area contributed by atoms with E-state index in [0.29, 0.717) is 23.8 Å². The number of ether oxygens (including phenoxy) is 1. The minimum absolute atomic E-state index is 0.0000284. The van der Waals surface area contributed by atoms with E-state index in [1.54, 1.807) is 25.6 Å². The van der Waals surface area contributed by atoms with Gasteiger partial charge in [-0.3, -0.25) is 15.0 Å². The molecule has 1 fully saturated rings. The van der Waals surface area contributed by atoms with E-state index < -0.39 is 0 Å². The maximum Gasteiger partial charge on any atom is 0.144 e. The van der Waals surface area contributed by atoms with Crippen molar-refractivity contribution in [2.24, 2.45) is 10.9 Å². The Morgan fingerprint density at radius 2 is 1.97 bits per heavy atom. The summed E-state index contributed by atoms with van der Waals surface area (Å²) in [5.41, 5.74) is 7.99. The number of nitrogens with zero attached hydrogens (tertiary/aromatic N) is 5. The molecule has 6 rings (SSSR count). The Hall–Kier alpha value is -3.82. The molecule has 0 spiro atoms. The number of hydrogen-bond acceptors (Lipinski definition) is 7. The van der Waals surface area contributed by atoms with Crippen molar-refractivity contribution in [3.63, 3.8) is 0 Å². The Morgan fingerprint density at radius 3 is 2.81 bits per heavy atom. The summed E-state index contributed by atoms with van der Waals surface area (Å²) in [7, 11) is 3.63. The maximum atomic E-state index is 14.6. The number of H-pyrrole nitrogens is 1. The van der Waals surface area contributed by atoms with Crippen LogP contribution in [0.5, 0.6) is 5.75 Å². The highest BCUT2D eigenvalue weighted by molar-refractivity contribution is 6.04. The van der Waals surface area contributed by atoms with Gasteiger partial charge in [-0.15, -0.1) is 0 Å². The Bertz CT molecular complexity index is 1440. The monoisotopic (exact) mass is 499 g/mol. The number of likely N-dealkylation sites (tertiary alicyclic amines) is 1.